The highest BCUT2D eigenvalue weighted by Gasteiger charge is 2.37. The zero-order valence-electron chi connectivity index (χ0n) is 12.9. The Morgan fingerprint density at radius 1 is 0.909 bits per heavy atom. The van der Waals surface area contributed by atoms with Crippen molar-refractivity contribution in [3.63, 3.8) is 0 Å². The van der Waals surface area contributed by atoms with Crippen LogP contribution in [-0.2, 0) is 9.53 Å². The predicted molar refractivity (Wildman–Crippen MR) is 88.0 cm³/mol. The number of carbonyl (C=O) groups excluding carboxylic acids is 1. The Balaban J connectivity index is 2.06. The number of benzene rings is 2. The van der Waals surface area contributed by atoms with E-state index in [1.165, 1.54) is 0 Å². The van der Waals surface area contributed by atoms with Gasteiger partial charge in [0.1, 0.15) is 5.76 Å². The van der Waals surface area contributed by atoms with Crippen molar-refractivity contribution in [2.24, 2.45) is 11.8 Å². The molecule has 2 atom stereocenters. The Bertz CT molecular complexity index is 671. The van der Waals surface area contributed by atoms with Gasteiger partial charge in [-0.25, -0.2) is 0 Å². The smallest absolute Gasteiger partial charge is 0.315 e. The van der Waals surface area contributed by atoms with E-state index in [-0.39, 0.29) is 23.7 Å². The molecule has 0 amide bonds. The van der Waals surface area contributed by atoms with Gasteiger partial charge >= 0.3 is 5.97 Å². The lowest BCUT2D eigenvalue weighted by Gasteiger charge is -2.31. The highest BCUT2D eigenvalue weighted by Crippen LogP contribution is 2.39. The first kappa shape index (κ1) is 14.6. The lowest BCUT2D eigenvalue weighted by atomic mass is 9.77. The fourth-order valence-electron chi connectivity index (χ4n) is 3.05. The molecule has 2 aromatic rings. The van der Waals surface area contributed by atoms with Gasteiger partial charge < -0.3 is 4.74 Å². The van der Waals surface area contributed by atoms with Crippen LogP contribution in [0.2, 0.25) is 0 Å². The summed E-state index contributed by atoms with van der Waals surface area (Å²) in [5.74, 6) is 0.667. The highest BCUT2D eigenvalue weighted by atomic mass is 16.5. The van der Waals surface area contributed by atoms with Crippen LogP contribution in [0.1, 0.15) is 30.9 Å². The van der Waals surface area contributed by atoms with Gasteiger partial charge in [0.05, 0.1) is 5.92 Å². The van der Waals surface area contributed by atoms with E-state index < -0.39 is 0 Å². The number of hydrogen-bond donors (Lipinski definition) is 0. The fraction of sp³-hybridized carbons (Fsp3) is 0.250. The maximum Gasteiger partial charge on any atom is 0.315 e. The van der Waals surface area contributed by atoms with Gasteiger partial charge in [-0.3, -0.25) is 4.79 Å². The van der Waals surface area contributed by atoms with Crippen LogP contribution in [0, 0.1) is 11.8 Å². The van der Waals surface area contributed by atoms with Crippen LogP contribution in [0.5, 0.6) is 0 Å². The highest BCUT2D eigenvalue weighted by molar-refractivity contribution is 5.84. The summed E-state index contributed by atoms with van der Waals surface area (Å²) in [5, 5.41) is 0. The van der Waals surface area contributed by atoms with Crippen molar-refractivity contribution < 1.29 is 9.53 Å². The average Bonchev–Trinajstić information content (AvgIpc) is 2.55. The second kappa shape index (κ2) is 6.18. The summed E-state index contributed by atoms with van der Waals surface area (Å²) in [7, 11) is 0. The maximum atomic E-state index is 12.5. The van der Waals surface area contributed by atoms with E-state index in [0.717, 1.165) is 11.1 Å². The summed E-state index contributed by atoms with van der Waals surface area (Å²) in [4.78, 5) is 12.5. The molecule has 1 aliphatic heterocycles. The number of ether oxygens (including phenoxy) is 1. The van der Waals surface area contributed by atoms with Crippen molar-refractivity contribution in [3.05, 3.63) is 77.9 Å². The normalized spacial score (nSPS) is 21.4. The van der Waals surface area contributed by atoms with Gasteiger partial charge in [0.25, 0.3) is 0 Å². The standard InChI is InChI=1S/C20H20O2/c1-14(2)19-17(15-9-5-3-6-10-15)13-18(22-20(19)21)16-11-7-4-8-12-16/h3-14,17,19H,1-2H3. The van der Waals surface area contributed by atoms with Gasteiger partial charge in [-0.1, -0.05) is 74.5 Å². The number of rotatable bonds is 3. The number of carbonyl (C=O) groups is 1. The first-order valence-electron chi connectivity index (χ1n) is 7.70. The first-order chi connectivity index (χ1) is 10.7. The summed E-state index contributed by atoms with van der Waals surface area (Å²) in [6, 6.07) is 20.0. The molecule has 2 aromatic carbocycles. The molecule has 2 nitrogen and oxygen atoms in total. The van der Waals surface area contributed by atoms with Crippen LogP contribution in [0.4, 0.5) is 0 Å². The van der Waals surface area contributed by atoms with Crippen molar-refractivity contribution >= 4 is 11.7 Å². The topological polar surface area (TPSA) is 26.3 Å². The molecule has 0 bridgehead atoms. The van der Waals surface area contributed by atoms with E-state index >= 15 is 0 Å². The third-order valence-corrected chi connectivity index (χ3v) is 4.16. The van der Waals surface area contributed by atoms with Gasteiger partial charge in [0.2, 0.25) is 0 Å². The summed E-state index contributed by atoms with van der Waals surface area (Å²) in [6.45, 7) is 4.15. The molecule has 112 valence electrons. The molecule has 3 rings (SSSR count). The molecule has 0 saturated heterocycles. The fourth-order valence-corrected chi connectivity index (χ4v) is 3.05. The Labute approximate surface area is 131 Å². The second-order valence-corrected chi connectivity index (χ2v) is 6.02. The molecule has 2 heteroatoms. The zero-order chi connectivity index (χ0) is 15.5. The van der Waals surface area contributed by atoms with E-state index in [4.69, 9.17) is 4.74 Å². The summed E-state index contributed by atoms with van der Waals surface area (Å²) >= 11 is 0. The van der Waals surface area contributed by atoms with Crippen molar-refractivity contribution in [2.45, 2.75) is 19.8 Å². The maximum absolute atomic E-state index is 12.5. The van der Waals surface area contributed by atoms with Gasteiger partial charge in [0.15, 0.2) is 0 Å². The minimum Gasteiger partial charge on any atom is -0.426 e. The Morgan fingerprint density at radius 2 is 1.50 bits per heavy atom. The van der Waals surface area contributed by atoms with Crippen molar-refractivity contribution in [2.75, 3.05) is 0 Å². The van der Waals surface area contributed by atoms with Crippen molar-refractivity contribution in [1.29, 1.82) is 0 Å². The molecular formula is C20H20O2. The Morgan fingerprint density at radius 3 is 2.09 bits per heavy atom. The number of hydrogen-bond acceptors (Lipinski definition) is 2. The Kier molecular flexibility index (Phi) is 4.10. The SMILES string of the molecule is CC(C)C1C(=O)OC(c2ccccc2)=CC1c1ccccc1. The van der Waals surface area contributed by atoms with Crippen LogP contribution >= 0.6 is 0 Å². The van der Waals surface area contributed by atoms with Gasteiger partial charge in [0, 0.05) is 11.5 Å². The molecule has 0 fully saturated rings. The van der Waals surface area contributed by atoms with Crippen molar-refractivity contribution in [1.82, 2.24) is 0 Å². The van der Waals surface area contributed by atoms with E-state index in [9.17, 15) is 4.79 Å². The number of esters is 1. The summed E-state index contributed by atoms with van der Waals surface area (Å²) in [6.07, 6.45) is 2.09. The predicted octanol–water partition coefficient (Wildman–Crippen LogP) is 4.64. The molecule has 0 N–H and O–H groups in total. The van der Waals surface area contributed by atoms with Crippen molar-refractivity contribution in [3.8, 4) is 0 Å². The summed E-state index contributed by atoms with van der Waals surface area (Å²) < 4.78 is 5.62. The van der Waals surface area contributed by atoms with Gasteiger partial charge in [-0.05, 0) is 17.6 Å². The van der Waals surface area contributed by atoms with Gasteiger partial charge in [-0.15, -0.1) is 0 Å². The van der Waals surface area contributed by atoms with E-state index in [0.29, 0.717) is 5.76 Å². The first-order valence-corrected chi connectivity index (χ1v) is 7.70. The van der Waals surface area contributed by atoms with Gasteiger partial charge in [-0.2, -0.15) is 0 Å². The third-order valence-electron chi connectivity index (χ3n) is 4.16. The summed E-state index contributed by atoms with van der Waals surface area (Å²) in [5.41, 5.74) is 2.10. The molecule has 0 saturated carbocycles. The lowest BCUT2D eigenvalue weighted by molar-refractivity contribution is -0.144. The van der Waals surface area contributed by atoms with Crippen LogP contribution in [0.15, 0.2) is 66.7 Å². The molecule has 0 aromatic heterocycles. The lowest BCUT2D eigenvalue weighted by Crippen LogP contribution is -2.31. The second-order valence-electron chi connectivity index (χ2n) is 6.02. The third kappa shape index (κ3) is 2.82. The van der Waals surface area contributed by atoms with Crippen LogP contribution in [-0.4, -0.2) is 5.97 Å². The molecule has 0 aliphatic carbocycles. The van der Waals surface area contributed by atoms with E-state index in [1.54, 1.807) is 0 Å². The minimum absolute atomic E-state index is 0.0534. The van der Waals surface area contributed by atoms with Crippen LogP contribution < -0.4 is 0 Å². The Hall–Kier alpha value is -2.35. The monoisotopic (exact) mass is 292 g/mol. The minimum atomic E-state index is -0.144. The molecule has 0 spiro atoms. The number of allylic oxidation sites excluding steroid dienone is 1. The molecule has 2 unspecified atom stereocenters. The van der Waals surface area contributed by atoms with E-state index in [1.807, 2.05) is 48.5 Å². The van der Waals surface area contributed by atoms with E-state index in [2.05, 4.69) is 32.1 Å². The molecule has 22 heavy (non-hydrogen) atoms. The van der Waals surface area contributed by atoms with Crippen LogP contribution in [0.3, 0.4) is 0 Å². The average molecular weight is 292 g/mol. The zero-order valence-corrected chi connectivity index (χ0v) is 12.9. The molecule has 0 radical (unpaired) electrons. The van der Waals surface area contributed by atoms with Crippen LogP contribution in [0.25, 0.3) is 5.76 Å². The quantitative estimate of drug-likeness (QED) is 0.770. The number of cyclic esters (lactones) is 1. The largest absolute Gasteiger partial charge is 0.426 e. The molecule has 1 heterocycles. The molecule has 1 aliphatic rings. The molecular weight excluding hydrogens is 272 g/mol.